The normalized spacial score (nSPS) is 9.16. The van der Waals surface area contributed by atoms with Gasteiger partial charge in [-0.1, -0.05) is 203 Å². The van der Waals surface area contributed by atoms with Gasteiger partial charge in [0.2, 0.25) is 0 Å². The monoisotopic (exact) mass is 1560 g/mol. The van der Waals surface area contributed by atoms with Crippen molar-refractivity contribution in [2.75, 3.05) is 0 Å². The number of aromatic nitrogens is 18. The molecule has 5 aromatic carbocycles. The second-order valence-corrected chi connectivity index (χ2v) is 22.5. The minimum Gasteiger partial charge on any atom is -0.307 e. The molecule has 18 heteroatoms. The summed E-state index contributed by atoms with van der Waals surface area (Å²) in [6.07, 6.45) is 31.8. The predicted molar refractivity (Wildman–Crippen MR) is 496 cm³/mol. The maximum absolute atomic E-state index is 4.28. The fourth-order valence-corrected chi connectivity index (χ4v) is 10.2. The lowest BCUT2D eigenvalue weighted by Gasteiger charge is -1.97. The summed E-state index contributed by atoms with van der Waals surface area (Å²) in [6, 6.07) is 54.0. The lowest BCUT2D eigenvalue weighted by atomic mass is 10.1. The van der Waals surface area contributed by atoms with Crippen molar-refractivity contribution in [1.29, 1.82) is 0 Å². The average Bonchev–Trinajstić information content (AvgIpc) is 1.81. The van der Waals surface area contributed by atoms with Gasteiger partial charge in [0.1, 0.15) is 31.0 Å². The van der Waals surface area contributed by atoms with Gasteiger partial charge in [-0.05, 0) is 181 Å². The van der Waals surface area contributed by atoms with Crippen LogP contribution in [0.25, 0.3) is 93.1 Å². The van der Waals surface area contributed by atoms with E-state index in [0.717, 1.165) is 105 Å². The van der Waals surface area contributed by atoms with Gasteiger partial charge in [0, 0.05) is 136 Å². The Kier molecular flexibility index (Phi) is 53.8. The average molecular weight is 1560 g/mol. The fraction of sp³-hybridized carbons (Fsp3) is 0.276. The molecule has 0 bridgehead atoms. The summed E-state index contributed by atoms with van der Waals surface area (Å²) >= 11 is 0. The molecule has 18 nitrogen and oxygen atoms in total. The molecule has 18 aromatic rings. The first-order chi connectivity index (χ1) is 56.9. The number of pyridine rings is 7. The molecule has 0 amide bonds. The Morgan fingerprint density at radius 2 is 0.724 bits per heavy atom. The molecule has 0 fully saturated rings. The summed E-state index contributed by atoms with van der Waals surface area (Å²) in [5.74, 6) is 0. The highest BCUT2D eigenvalue weighted by Crippen LogP contribution is 2.19. The molecule has 0 saturated heterocycles. The van der Waals surface area contributed by atoms with E-state index in [-0.39, 0.29) is 0 Å². The van der Waals surface area contributed by atoms with Gasteiger partial charge < -0.3 is 4.40 Å². The lowest BCUT2D eigenvalue weighted by Crippen LogP contribution is -1.85. The molecule has 116 heavy (non-hydrogen) atoms. The first-order valence-electron chi connectivity index (χ1n) is 40.5. The van der Waals surface area contributed by atoms with E-state index in [1.165, 1.54) is 38.8 Å². The molecule has 0 radical (unpaired) electrons. The zero-order chi connectivity index (χ0) is 86.4. The largest absolute Gasteiger partial charge is 0.307 e. The Morgan fingerprint density at radius 1 is 0.250 bits per heavy atom. The highest BCUT2D eigenvalue weighted by atomic mass is 15.0. The molecule has 13 heterocycles. The van der Waals surface area contributed by atoms with E-state index in [0.29, 0.717) is 0 Å². The summed E-state index contributed by atoms with van der Waals surface area (Å²) in [5.41, 5.74) is 20.2. The molecule has 0 aliphatic rings. The Balaban J connectivity index is 0.000000636. The number of hydrogen-bond acceptors (Lipinski definition) is 17. The third kappa shape index (κ3) is 33.9. The van der Waals surface area contributed by atoms with Crippen LogP contribution in [0.3, 0.4) is 0 Å². The van der Waals surface area contributed by atoms with E-state index >= 15 is 0 Å². The van der Waals surface area contributed by atoms with Crippen LogP contribution in [0.2, 0.25) is 0 Å². The molecule has 0 unspecified atom stereocenters. The van der Waals surface area contributed by atoms with E-state index in [2.05, 4.69) is 137 Å². The quantitative estimate of drug-likeness (QED) is 0.138. The smallest absolute Gasteiger partial charge is 0.159 e. The molecule has 0 saturated carbocycles. The minimum atomic E-state index is 0.826. The van der Waals surface area contributed by atoms with Crippen LogP contribution in [0.15, 0.2) is 276 Å². The van der Waals surface area contributed by atoms with Gasteiger partial charge in [-0.25, -0.2) is 54.8 Å². The molecular formula is C98H126N18. The highest BCUT2D eigenvalue weighted by molar-refractivity contribution is 5.85. The highest BCUT2D eigenvalue weighted by Gasteiger charge is 2.02. The molecule has 608 valence electrons. The summed E-state index contributed by atoms with van der Waals surface area (Å²) in [6.45, 7) is 54.3. The molecular weight excluding hydrogens is 1430 g/mol. The molecule has 0 atom stereocenters. The van der Waals surface area contributed by atoms with Crippen LogP contribution in [-0.2, 0) is 0 Å². The first kappa shape index (κ1) is 101. The van der Waals surface area contributed by atoms with Gasteiger partial charge in [-0.15, -0.1) is 0 Å². The molecule has 13 aromatic heterocycles. The minimum absolute atomic E-state index is 0.826. The van der Waals surface area contributed by atoms with Gasteiger partial charge in [-0.2, -0.15) is 0 Å². The van der Waals surface area contributed by atoms with Crippen molar-refractivity contribution in [3.05, 3.63) is 326 Å². The topological polar surface area (TPSA) is 224 Å². The van der Waals surface area contributed by atoms with Crippen molar-refractivity contribution >= 4 is 93.1 Å². The van der Waals surface area contributed by atoms with Gasteiger partial charge in [0.05, 0.1) is 49.8 Å². The number of fused-ring (bicyclic) bond motifs is 9. The summed E-state index contributed by atoms with van der Waals surface area (Å²) in [5, 5.41) is 7.95. The maximum atomic E-state index is 4.28. The van der Waals surface area contributed by atoms with Crippen molar-refractivity contribution in [1.82, 2.24) is 89.1 Å². The third-order valence-electron chi connectivity index (χ3n) is 15.3. The van der Waals surface area contributed by atoms with Gasteiger partial charge in [0.15, 0.2) is 5.65 Å². The third-order valence-corrected chi connectivity index (χ3v) is 15.3. The molecule has 0 spiro atoms. The van der Waals surface area contributed by atoms with Crippen LogP contribution < -0.4 is 0 Å². The number of rotatable bonds is 0. The van der Waals surface area contributed by atoms with Crippen molar-refractivity contribution in [3.8, 4) is 0 Å². The van der Waals surface area contributed by atoms with Crippen molar-refractivity contribution in [3.63, 3.8) is 0 Å². The van der Waals surface area contributed by atoms with Crippen LogP contribution in [0.1, 0.15) is 175 Å². The predicted octanol–water partition coefficient (Wildman–Crippen LogP) is 26.4. The van der Waals surface area contributed by atoms with E-state index in [1.54, 1.807) is 74.9 Å². The zero-order valence-corrected chi connectivity index (χ0v) is 74.0. The Bertz CT molecular complexity index is 4750. The fourth-order valence-electron chi connectivity index (χ4n) is 10.2. The number of para-hydroxylation sites is 3. The number of imidazole rings is 1. The second-order valence-electron chi connectivity index (χ2n) is 22.5. The SMILES string of the molecule is CC.CC.CC.CC.CC.CC.CC.CC.CC.Cc1ccc2ncncc2c1.Cc1cccc2cncnc12.Cc1cccc2nccnc12.Cc1cccc2ncncc12.Cc1ccnc2cccnc12.Cc1ccnc2ncccc12.Cc1cn2ccccc2n1.Cc1nccc2cnccc12.Cc1ncnc2ccccc12. The van der Waals surface area contributed by atoms with E-state index in [9.17, 15) is 0 Å². The molecule has 0 N–H and O–H groups in total. The number of aryl methyl sites for hydroxylation is 9. The van der Waals surface area contributed by atoms with Crippen LogP contribution in [-0.4, -0.2) is 89.1 Å². The van der Waals surface area contributed by atoms with Crippen molar-refractivity contribution < 1.29 is 0 Å². The summed E-state index contributed by atoms with van der Waals surface area (Å²) < 4.78 is 2.01. The number of hydrogen-bond donors (Lipinski definition) is 0. The van der Waals surface area contributed by atoms with Crippen molar-refractivity contribution in [2.24, 2.45) is 0 Å². The Labute approximate surface area is 691 Å². The molecule has 0 aliphatic heterocycles. The molecule has 18 rings (SSSR count). The first-order valence-corrected chi connectivity index (χ1v) is 40.5. The van der Waals surface area contributed by atoms with E-state index in [1.807, 2.05) is 340 Å². The Hall–Kier alpha value is -12.8. The summed E-state index contributed by atoms with van der Waals surface area (Å²) in [7, 11) is 0. The number of nitrogens with zero attached hydrogens (tertiary/aromatic N) is 18. The summed E-state index contributed by atoms with van der Waals surface area (Å²) in [4.78, 5) is 70.0. The van der Waals surface area contributed by atoms with Crippen LogP contribution in [0.5, 0.6) is 0 Å². The van der Waals surface area contributed by atoms with Gasteiger partial charge >= 0.3 is 0 Å². The van der Waals surface area contributed by atoms with Gasteiger partial charge in [0.25, 0.3) is 0 Å². The van der Waals surface area contributed by atoms with Crippen LogP contribution >= 0.6 is 0 Å². The zero-order valence-electron chi connectivity index (χ0n) is 74.0. The Morgan fingerprint density at radius 3 is 1.38 bits per heavy atom. The maximum Gasteiger partial charge on any atom is 0.159 e. The van der Waals surface area contributed by atoms with Crippen LogP contribution in [0, 0.1) is 62.3 Å². The lowest BCUT2D eigenvalue weighted by molar-refractivity contribution is 1.15. The van der Waals surface area contributed by atoms with Gasteiger partial charge in [-0.3, -0.25) is 29.9 Å². The van der Waals surface area contributed by atoms with E-state index < -0.39 is 0 Å². The standard InChI is InChI=1S/8C9H8N2.C8H8N2.9C2H6/c1-7-9-3-4-10-6-8(9)2-5-11-7;1-7-2-3-9-8(4-7)5-10-6-11-9;1-7-4-6-10-8-3-2-5-11-9(7)8;1-7-4-6-11-9-8(7)3-2-5-10-9;1-7-3-2-4-9-8(7)5-10-6-11-9;1-7-3-2-4-8-5-10-6-11-9(7)8;1-7-3-2-4-8-9(7)11-6-5-10-8;1-7-8-4-2-3-5-9(8)11-6-10-7;1-7-6-10-5-3-2-4-8(10)9-7;9*1-2/h8*2-6H,1H3;2-6H,1H3;9*1-2H3. The van der Waals surface area contributed by atoms with E-state index in [4.69, 9.17) is 0 Å². The molecule has 0 aliphatic carbocycles. The second kappa shape index (κ2) is 61.7. The van der Waals surface area contributed by atoms with Crippen LogP contribution in [0.4, 0.5) is 0 Å². The number of benzene rings is 5. The van der Waals surface area contributed by atoms with Crippen molar-refractivity contribution in [2.45, 2.75) is 187 Å².